The number of carboxylic acid groups (broad SMARTS) is 5. The highest BCUT2D eigenvalue weighted by atomic mass is 32.2. The van der Waals surface area contributed by atoms with Gasteiger partial charge in [0, 0.05) is 179 Å². The van der Waals surface area contributed by atoms with Gasteiger partial charge in [-0.05, 0) is 117 Å². The third kappa shape index (κ3) is 28.3. The quantitative estimate of drug-likeness (QED) is 0.0216. The van der Waals surface area contributed by atoms with Crippen LogP contribution in [0, 0.1) is 29.6 Å². The monoisotopic (exact) mass is 1930 g/mol. The van der Waals surface area contributed by atoms with Gasteiger partial charge in [0.25, 0.3) is 52.3 Å². The summed E-state index contributed by atoms with van der Waals surface area (Å²) < 4.78 is 82.6. The molecule has 0 aromatic heterocycles. The Morgan fingerprint density at radius 1 is 0.397 bits per heavy atom. The zero-order chi connectivity index (χ0) is 99.2. The van der Waals surface area contributed by atoms with E-state index in [-0.39, 0.29) is 180 Å². The van der Waals surface area contributed by atoms with Gasteiger partial charge < -0.3 is 141 Å². The van der Waals surface area contributed by atoms with Gasteiger partial charge in [-0.1, -0.05) is 71.6 Å². The molecule has 2 aromatic rings. The largest absolute Gasteiger partial charge is 0.480 e. The van der Waals surface area contributed by atoms with Crippen molar-refractivity contribution < 1.29 is 125 Å². The van der Waals surface area contributed by atoms with Gasteiger partial charge in [0.1, 0.15) is 50.4 Å². The van der Waals surface area contributed by atoms with Gasteiger partial charge in [0.15, 0.2) is 0 Å². The van der Waals surface area contributed by atoms with E-state index in [4.69, 9.17) is 96.1 Å². The summed E-state index contributed by atoms with van der Waals surface area (Å²) in [5.74, 6) is -8.87. The van der Waals surface area contributed by atoms with Crippen LogP contribution in [0.25, 0.3) is 0 Å². The van der Waals surface area contributed by atoms with Crippen LogP contribution in [0.5, 0.6) is 0 Å². The molecule has 2 aromatic carbocycles. The molecule has 7 aliphatic rings. The zero-order valence-electron chi connectivity index (χ0n) is 76.1. The fraction of sp³-hybridized carbons (Fsp3) is 0.827. The second-order valence-electron chi connectivity index (χ2n) is 35.9. The number of nitrogens with two attached hydrogens (primary N) is 8. The third-order valence-electron chi connectivity index (χ3n) is 26.4. The Kier molecular flexibility index (Phi) is 44.3. The maximum absolute atomic E-state index is 12.8. The van der Waals surface area contributed by atoms with Crippen molar-refractivity contribution in [2.45, 2.75) is 234 Å². The standard InChI is InChI=1S/C20H32BN3O6.C19H30BN3O6.C13H29BN4O6S.C12H27BN4O6S.C11H25BN4O6S/c1-12(2)24(14-7-3-4-8-14)16-15(17(25)18(16)26)23-10-13(6-5-9-21(29)30)20(22,11-23)19(27)28;1-2-23(13-7-3-4-8-13)15-14(16(24)17(15)25)22-10-12(6-5-9-20(28)29)19(21,11-22)18(26)27;1-2-7-17(8-6-15)25(23,24)18-9-11(4-3-5-14(21)22)13(16,10-18)12(19)20;1-2-16(7-6-14)24(22,23)17-8-10(4-3-5-13(20)21)12(15,9-17)11(18)19;1-15(6-5-13)23(21,22)16-7-9(3-2-4-12(19)20)11(14,8-16)10(17)18/h12-14,29-30H,3-11,22H2,1-2H3,(H,27,28);12-13,28-29H,2-11,21H2,1H3,(H,26,27);11,21-22H,2-10,15-16H2,1H3,(H,19,20);10,20-21H,2-9,14-15H2,1H3,(H,18,19);9,19-20H,2-8,13-14H2,1H3,(H,17,18)/t13-,20-;12-,19-;11-,13-;10-,12-;9-,11-/m00000/s1. The lowest BCUT2D eigenvalue weighted by molar-refractivity contribution is -0.145. The van der Waals surface area contributed by atoms with Crippen molar-refractivity contribution in [2.24, 2.45) is 75.5 Å². The molecule has 5 heterocycles. The number of carbonyl (C=O) groups is 5. The highest BCUT2D eigenvalue weighted by molar-refractivity contribution is 7.87. The van der Waals surface area contributed by atoms with E-state index in [0.717, 1.165) is 68.6 Å². The van der Waals surface area contributed by atoms with Crippen LogP contribution in [-0.4, -0.2) is 370 Å². The van der Waals surface area contributed by atoms with E-state index in [1.807, 2.05) is 37.5 Å². The Bertz CT molecular complexity index is 4540. The van der Waals surface area contributed by atoms with Crippen LogP contribution < -0.4 is 87.2 Å². The summed E-state index contributed by atoms with van der Waals surface area (Å²) in [5, 5.41) is 137. The maximum atomic E-state index is 12.8. The fourth-order valence-corrected chi connectivity index (χ4v) is 24.0. The SMILES string of the molecule is CC(C)N(c1c(N2C[C@H](CCCB(O)O)[C@](N)(C(=O)O)C2)c(=O)c1=O)C1CCCC1.CCCN(CCN)S(=O)(=O)N1C[C@H](CCCB(O)O)[C@](N)(C(=O)O)C1.CCN(CCN)S(=O)(=O)N1C[C@H](CCCB(O)O)[C@](N)(C(=O)O)C1.CCN(c1c(N2C[C@H](CCCB(O)O)[C@](N)(C(=O)O)C2)c(=O)c1=O)C1CCCC1.CN(CCN)S(=O)(=O)N1C[C@H](CCCB(O)O)[C@](N)(C(=O)O)C1. The van der Waals surface area contributed by atoms with Crippen LogP contribution in [-0.2, 0) is 54.6 Å². The van der Waals surface area contributed by atoms with E-state index in [2.05, 4.69) is 0 Å². The third-order valence-corrected chi connectivity index (χ3v) is 32.3. The summed E-state index contributed by atoms with van der Waals surface area (Å²) in [4.78, 5) is 116. The van der Waals surface area contributed by atoms with Crippen molar-refractivity contribution in [1.82, 2.24) is 25.8 Å². The second-order valence-corrected chi connectivity index (χ2v) is 41.8. The van der Waals surface area contributed by atoms with Crippen LogP contribution in [0.1, 0.15) is 157 Å². The van der Waals surface area contributed by atoms with E-state index >= 15 is 0 Å². The summed E-state index contributed by atoms with van der Waals surface area (Å²) >= 11 is 0. The highest BCUT2D eigenvalue weighted by Crippen LogP contribution is 2.43. The minimum atomic E-state index is -3.86. The molecular formula is C75H143B5N18O30S3. The molecule has 56 heteroatoms. The van der Waals surface area contributed by atoms with E-state index in [1.165, 1.54) is 15.7 Å². The first-order valence-corrected chi connectivity index (χ1v) is 49.2. The number of hydrogen-bond donors (Lipinski definition) is 23. The number of likely N-dealkylation sites (N-methyl/N-ethyl adjacent to an activating group) is 2. The molecule has 2 saturated carbocycles. The molecule has 9 rings (SSSR count). The molecule has 2 aliphatic carbocycles. The Balaban J connectivity index is 0.000000291. The molecular weight excluding hydrogens is 1780 g/mol. The summed E-state index contributed by atoms with van der Waals surface area (Å²) in [7, 11) is -17.5. The van der Waals surface area contributed by atoms with E-state index in [1.54, 1.807) is 16.7 Å². The molecule has 5 saturated heterocycles. The van der Waals surface area contributed by atoms with E-state index < -0.39 is 175 Å². The first-order chi connectivity index (χ1) is 61.0. The maximum Gasteiger partial charge on any atom is 0.451 e. The number of anilines is 4. The fourth-order valence-electron chi connectivity index (χ4n) is 18.9. The van der Waals surface area contributed by atoms with Crippen molar-refractivity contribution in [1.29, 1.82) is 0 Å². The molecule has 10 atom stereocenters. The first kappa shape index (κ1) is 115. The predicted octanol–water partition coefficient (Wildman–Crippen LogP) is -8.13. The Labute approximate surface area is 767 Å². The molecule has 0 spiro atoms. The van der Waals surface area contributed by atoms with Gasteiger partial charge in [0.2, 0.25) is 0 Å². The van der Waals surface area contributed by atoms with E-state index in [9.17, 15) is 93.9 Å². The lowest BCUT2D eigenvalue weighted by Gasteiger charge is -2.38. The molecule has 5 aliphatic heterocycles. The summed E-state index contributed by atoms with van der Waals surface area (Å²) in [5.41, 5.74) is 37.8. The van der Waals surface area contributed by atoms with Crippen LogP contribution in [0.15, 0.2) is 19.2 Å². The van der Waals surface area contributed by atoms with Gasteiger partial charge in [-0.2, -0.15) is 51.1 Å². The average Bonchev–Trinajstić information content (AvgIpc) is 1.67. The first-order valence-electron chi connectivity index (χ1n) is 45.0. The molecule has 131 heavy (non-hydrogen) atoms. The lowest BCUT2D eigenvalue weighted by atomic mass is 9.78. The predicted molar refractivity (Wildman–Crippen MR) is 494 cm³/mol. The minimum Gasteiger partial charge on any atom is -0.480 e. The van der Waals surface area contributed by atoms with Crippen LogP contribution in [0.4, 0.5) is 22.7 Å². The summed E-state index contributed by atoms with van der Waals surface area (Å²) in [6.45, 7) is 10.8. The Morgan fingerprint density at radius 2 is 0.679 bits per heavy atom. The van der Waals surface area contributed by atoms with Crippen molar-refractivity contribution in [3.05, 3.63) is 40.9 Å². The van der Waals surface area contributed by atoms with Crippen LogP contribution in [0.3, 0.4) is 0 Å². The highest BCUT2D eigenvalue weighted by Gasteiger charge is 2.58. The average molecular weight is 1930 g/mol. The van der Waals surface area contributed by atoms with Crippen LogP contribution >= 0.6 is 0 Å². The number of carboxylic acids is 5. The molecule has 0 bridgehead atoms. The lowest BCUT2D eigenvalue weighted by Crippen LogP contribution is -2.55. The number of nitrogens with zero attached hydrogens (tertiary/aromatic N) is 10. The molecule has 7 fully saturated rings. The Morgan fingerprint density at radius 3 is 0.969 bits per heavy atom. The molecule has 746 valence electrons. The van der Waals surface area contributed by atoms with E-state index in [0.29, 0.717) is 87.2 Å². The van der Waals surface area contributed by atoms with Crippen LogP contribution in [0.2, 0.25) is 31.6 Å². The molecule has 0 unspecified atom stereocenters. The molecule has 31 N–H and O–H groups in total. The normalized spacial score (nSPS) is 25.2. The minimum absolute atomic E-state index is 0.0164. The summed E-state index contributed by atoms with van der Waals surface area (Å²) in [6, 6.07) is 0.480. The van der Waals surface area contributed by atoms with Gasteiger partial charge in [-0.3, -0.25) is 43.2 Å². The van der Waals surface area contributed by atoms with Crippen molar-refractivity contribution in [2.75, 3.05) is 151 Å². The number of hydrogen-bond acceptors (Lipinski definition) is 37. The van der Waals surface area contributed by atoms with Crippen molar-refractivity contribution >= 4 is 119 Å². The van der Waals surface area contributed by atoms with Crippen molar-refractivity contribution in [3.63, 3.8) is 0 Å². The molecule has 48 nitrogen and oxygen atoms in total. The Hall–Kier alpha value is -6.08. The van der Waals surface area contributed by atoms with Gasteiger partial charge >= 0.3 is 65.4 Å². The topological polar surface area (TPSA) is 800 Å². The van der Waals surface area contributed by atoms with Crippen molar-refractivity contribution in [3.8, 4) is 0 Å². The smallest absolute Gasteiger partial charge is 0.451 e. The van der Waals surface area contributed by atoms with Gasteiger partial charge in [-0.15, -0.1) is 0 Å². The van der Waals surface area contributed by atoms with Gasteiger partial charge in [-0.25, -0.2) is 0 Å². The van der Waals surface area contributed by atoms with Gasteiger partial charge in [0.05, 0.1) is 0 Å². The number of aliphatic carboxylic acids is 5. The second kappa shape index (κ2) is 50.3. The molecule has 0 amide bonds. The zero-order valence-corrected chi connectivity index (χ0v) is 78.5. The molecule has 0 radical (unpaired) electrons. The summed E-state index contributed by atoms with van der Waals surface area (Å²) in [6.07, 6.45) is 12.8. The number of rotatable bonds is 48.